The van der Waals surface area contributed by atoms with Gasteiger partial charge in [0, 0.05) is 12.1 Å². The molecule has 1 aromatic rings. The Morgan fingerprint density at radius 2 is 2.25 bits per heavy atom. The van der Waals surface area contributed by atoms with E-state index in [0.717, 1.165) is 30.4 Å². The molecule has 16 heavy (non-hydrogen) atoms. The minimum atomic E-state index is -0.479. The van der Waals surface area contributed by atoms with Crippen LogP contribution in [-0.4, -0.2) is 4.92 Å². The van der Waals surface area contributed by atoms with Gasteiger partial charge >= 0.3 is 0 Å². The van der Waals surface area contributed by atoms with E-state index in [1.165, 1.54) is 12.1 Å². The van der Waals surface area contributed by atoms with Crippen LogP contribution in [0.2, 0.25) is 0 Å². The maximum absolute atomic E-state index is 10.6. The third kappa shape index (κ3) is 1.80. The lowest BCUT2D eigenvalue weighted by Crippen LogP contribution is -1.92. The number of rotatable bonds is 2. The van der Waals surface area contributed by atoms with Crippen LogP contribution >= 0.6 is 0 Å². The first kappa shape index (κ1) is 10.4. The zero-order valence-corrected chi connectivity index (χ0v) is 8.64. The van der Waals surface area contributed by atoms with Crippen LogP contribution < -0.4 is 0 Å². The van der Waals surface area contributed by atoms with Crippen LogP contribution in [0, 0.1) is 21.4 Å². The van der Waals surface area contributed by atoms with Crippen molar-refractivity contribution in [3.05, 3.63) is 45.5 Å². The number of nitro groups is 1. The average Bonchev–Trinajstić information content (AvgIpc) is 2.81. The standard InChI is InChI=1S/C12H10N2O2/c13-8-10-7-11(14(15)16)5-6-12(10)9-3-1-2-4-9/h3,5-7H,1-2,4H2. The van der Waals surface area contributed by atoms with Gasteiger partial charge in [-0.05, 0) is 36.5 Å². The highest BCUT2D eigenvalue weighted by Crippen LogP contribution is 2.31. The monoisotopic (exact) mass is 214 g/mol. The number of nitrogens with zero attached hydrogens (tertiary/aromatic N) is 2. The largest absolute Gasteiger partial charge is 0.270 e. The zero-order chi connectivity index (χ0) is 11.5. The van der Waals surface area contributed by atoms with Crippen molar-refractivity contribution in [1.82, 2.24) is 0 Å². The SMILES string of the molecule is N#Cc1cc([N+](=O)[O-])ccc1C1=CCCC1. The molecule has 4 nitrogen and oxygen atoms in total. The van der Waals surface area contributed by atoms with Crippen molar-refractivity contribution in [2.24, 2.45) is 0 Å². The van der Waals surface area contributed by atoms with E-state index in [0.29, 0.717) is 5.56 Å². The van der Waals surface area contributed by atoms with Crippen molar-refractivity contribution >= 4 is 11.3 Å². The summed E-state index contributed by atoms with van der Waals surface area (Å²) in [5.74, 6) is 0. The second-order valence-corrected chi connectivity index (χ2v) is 3.72. The molecular weight excluding hydrogens is 204 g/mol. The number of allylic oxidation sites excluding steroid dienone is 2. The molecule has 0 unspecified atom stereocenters. The van der Waals surface area contributed by atoms with Crippen LogP contribution in [0.5, 0.6) is 0 Å². The molecule has 0 radical (unpaired) electrons. The quantitative estimate of drug-likeness (QED) is 0.561. The van der Waals surface area contributed by atoms with Crippen molar-refractivity contribution in [1.29, 1.82) is 5.26 Å². The van der Waals surface area contributed by atoms with E-state index in [1.54, 1.807) is 6.07 Å². The zero-order valence-electron chi connectivity index (χ0n) is 8.64. The van der Waals surface area contributed by atoms with E-state index in [1.807, 2.05) is 6.07 Å². The Morgan fingerprint density at radius 3 is 2.81 bits per heavy atom. The molecule has 0 saturated heterocycles. The highest BCUT2D eigenvalue weighted by molar-refractivity contribution is 5.73. The molecular formula is C12H10N2O2. The van der Waals surface area contributed by atoms with Gasteiger partial charge in [-0.3, -0.25) is 10.1 Å². The van der Waals surface area contributed by atoms with Gasteiger partial charge in [-0.15, -0.1) is 0 Å². The third-order valence-corrected chi connectivity index (χ3v) is 2.72. The summed E-state index contributed by atoms with van der Waals surface area (Å²) in [6, 6.07) is 6.49. The molecule has 1 aromatic carbocycles. The Labute approximate surface area is 93.0 Å². The number of nitriles is 1. The molecule has 0 amide bonds. The molecule has 0 aromatic heterocycles. The van der Waals surface area contributed by atoms with Crippen molar-refractivity contribution in [2.45, 2.75) is 19.3 Å². The number of non-ortho nitro benzene ring substituents is 1. The lowest BCUT2D eigenvalue weighted by atomic mass is 9.99. The van der Waals surface area contributed by atoms with Crippen LogP contribution in [-0.2, 0) is 0 Å². The molecule has 1 aliphatic rings. The fourth-order valence-corrected chi connectivity index (χ4v) is 1.93. The van der Waals surface area contributed by atoms with Gasteiger partial charge in [-0.2, -0.15) is 5.26 Å². The summed E-state index contributed by atoms with van der Waals surface area (Å²) in [7, 11) is 0. The summed E-state index contributed by atoms with van der Waals surface area (Å²) >= 11 is 0. The Hall–Kier alpha value is -2.15. The lowest BCUT2D eigenvalue weighted by Gasteiger charge is -2.04. The Morgan fingerprint density at radius 1 is 1.44 bits per heavy atom. The molecule has 0 N–H and O–H groups in total. The van der Waals surface area contributed by atoms with E-state index in [2.05, 4.69) is 6.08 Å². The van der Waals surface area contributed by atoms with Gasteiger partial charge in [-0.25, -0.2) is 0 Å². The predicted octanol–water partition coefficient (Wildman–Crippen LogP) is 3.03. The molecule has 0 saturated carbocycles. The van der Waals surface area contributed by atoms with Crippen LogP contribution in [0.25, 0.3) is 5.57 Å². The first-order chi connectivity index (χ1) is 7.72. The molecule has 0 atom stereocenters. The second kappa shape index (κ2) is 4.15. The molecule has 0 spiro atoms. The smallest absolute Gasteiger partial charge is 0.258 e. The summed E-state index contributed by atoms with van der Waals surface area (Å²) in [6.45, 7) is 0. The van der Waals surface area contributed by atoms with Crippen molar-refractivity contribution in [3.63, 3.8) is 0 Å². The number of hydrogen-bond acceptors (Lipinski definition) is 3. The van der Waals surface area contributed by atoms with E-state index in [-0.39, 0.29) is 5.69 Å². The van der Waals surface area contributed by atoms with Gasteiger partial charge < -0.3 is 0 Å². The van der Waals surface area contributed by atoms with Gasteiger partial charge in [0.05, 0.1) is 10.5 Å². The summed E-state index contributed by atoms with van der Waals surface area (Å²) in [5.41, 5.74) is 2.33. The van der Waals surface area contributed by atoms with Crippen LogP contribution in [0.1, 0.15) is 30.4 Å². The Balaban J connectivity index is 2.47. The predicted molar refractivity (Wildman–Crippen MR) is 59.6 cm³/mol. The van der Waals surface area contributed by atoms with E-state index >= 15 is 0 Å². The molecule has 0 aliphatic heterocycles. The number of nitro benzene ring substituents is 1. The van der Waals surface area contributed by atoms with E-state index < -0.39 is 4.92 Å². The number of benzene rings is 1. The topological polar surface area (TPSA) is 66.9 Å². The summed E-state index contributed by atoms with van der Waals surface area (Å²) in [5, 5.41) is 19.6. The van der Waals surface area contributed by atoms with Crippen LogP contribution in [0.3, 0.4) is 0 Å². The van der Waals surface area contributed by atoms with Crippen molar-refractivity contribution < 1.29 is 4.92 Å². The molecule has 0 heterocycles. The van der Waals surface area contributed by atoms with Gasteiger partial charge in [-0.1, -0.05) is 6.08 Å². The maximum atomic E-state index is 10.6. The molecule has 0 bridgehead atoms. The maximum Gasteiger partial charge on any atom is 0.270 e. The van der Waals surface area contributed by atoms with Gasteiger partial charge in [0.2, 0.25) is 0 Å². The van der Waals surface area contributed by atoms with Crippen molar-refractivity contribution in [2.75, 3.05) is 0 Å². The average molecular weight is 214 g/mol. The fourth-order valence-electron chi connectivity index (χ4n) is 1.93. The number of hydrogen-bond donors (Lipinski definition) is 0. The molecule has 0 fully saturated rings. The lowest BCUT2D eigenvalue weighted by molar-refractivity contribution is -0.384. The highest BCUT2D eigenvalue weighted by Gasteiger charge is 2.15. The highest BCUT2D eigenvalue weighted by atomic mass is 16.6. The minimum absolute atomic E-state index is 0.0288. The first-order valence-electron chi connectivity index (χ1n) is 5.10. The van der Waals surface area contributed by atoms with E-state index in [4.69, 9.17) is 5.26 Å². The second-order valence-electron chi connectivity index (χ2n) is 3.72. The molecule has 80 valence electrons. The minimum Gasteiger partial charge on any atom is -0.258 e. The Kier molecular flexibility index (Phi) is 2.69. The third-order valence-electron chi connectivity index (χ3n) is 2.72. The van der Waals surface area contributed by atoms with Gasteiger partial charge in [0.25, 0.3) is 5.69 Å². The van der Waals surface area contributed by atoms with Crippen LogP contribution in [0.15, 0.2) is 24.3 Å². The molecule has 2 rings (SSSR count). The first-order valence-corrected chi connectivity index (χ1v) is 5.10. The molecule has 4 heteroatoms. The van der Waals surface area contributed by atoms with Crippen LogP contribution in [0.4, 0.5) is 5.69 Å². The fraction of sp³-hybridized carbons (Fsp3) is 0.250. The molecule has 1 aliphatic carbocycles. The summed E-state index contributed by atoms with van der Waals surface area (Å²) in [4.78, 5) is 10.1. The van der Waals surface area contributed by atoms with E-state index in [9.17, 15) is 10.1 Å². The van der Waals surface area contributed by atoms with Gasteiger partial charge in [0.15, 0.2) is 0 Å². The Bertz CT molecular complexity index is 512. The van der Waals surface area contributed by atoms with Crippen molar-refractivity contribution in [3.8, 4) is 6.07 Å². The summed E-state index contributed by atoms with van der Waals surface area (Å²) in [6.07, 6.45) is 5.17. The summed E-state index contributed by atoms with van der Waals surface area (Å²) < 4.78 is 0. The normalized spacial score (nSPS) is 14.3. The van der Waals surface area contributed by atoms with Gasteiger partial charge in [0.1, 0.15) is 6.07 Å².